The van der Waals surface area contributed by atoms with E-state index in [4.69, 9.17) is 5.73 Å². The fourth-order valence-electron chi connectivity index (χ4n) is 3.07. The first-order chi connectivity index (χ1) is 9.11. The van der Waals surface area contributed by atoms with E-state index in [2.05, 4.69) is 55.1 Å². The van der Waals surface area contributed by atoms with Crippen molar-refractivity contribution in [2.75, 3.05) is 33.7 Å². The normalized spacial score (nSPS) is 19.8. The van der Waals surface area contributed by atoms with Crippen molar-refractivity contribution in [1.82, 2.24) is 9.80 Å². The highest BCUT2D eigenvalue weighted by Crippen LogP contribution is 2.25. The first-order valence-electron chi connectivity index (χ1n) is 7.29. The first-order valence-corrected chi connectivity index (χ1v) is 7.29. The van der Waals surface area contributed by atoms with Crippen molar-refractivity contribution in [3.63, 3.8) is 0 Å². The molecule has 1 atom stereocenters. The van der Waals surface area contributed by atoms with Gasteiger partial charge < -0.3 is 10.6 Å². The lowest BCUT2D eigenvalue weighted by Gasteiger charge is -2.39. The molecule has 0 saturated carbocycles. The van der Waals surface area contributed by atoms with Gasteiger partial charge in [0.05, 0.1) is 0 Å². The van der Waals surface area contributed by atoms with Gasteiger partial charge in [-0.2, -0.15) is 0 Å². The molecule has 0 bridgehead atoms. The van der Waals surface area contributed by atoms with Crippen LogP contribution in [-0.4, -0.2) is 49.6 Å². The number of aryl methyl sites for hydroxylation is 1. The van der Waals surface area contributed by atoms with Crippen molar-refractivity contribution in [3.8, 4) is 0 Å². The van der Waals surface area contributed by atoms with Crippen LogP contribution in [-0.2, 0) is 0 Å². The topological polar surface area (TPSA) is 32.5 Å². The van der Waals surface area contributed by atoms with E-state index in [9.17, 15) is 0 Å². The average molecular weight is 261 g/mol. The number of hydrogen-bond donors (Lipinski definition) is 1. The summed E-state index contributed by atoms with van der Waals surface area (Å²) in [7, 11) is 4.44. The highest BCUT2D eigenvalue weighted by atomic mass is 15.2. The predicted octanol–water partition coefficient (Wildman–Crippen LogP) is 2.02. The van der Waals surface area contributed by atoms with Crippen LogP contribution in [0.2, 0.25) is 0 Å². The summed E-state index contributed by atoms with van der Waals surface area (Å²) in [5, 5.41) is 0. The lowest BCUT2D eigenvalue weighted by molar-refractivity contribution is 0.109. The third kappa shape index (κ3) is 3.56. The summed E-state index contributed by atoms with van der Waals surface area (Å²) in [6.07, 6.45) is 2.49. The maximum Gasteiger partial charge on any atom is 0.0470 e. The average Bonchev–Trinajstić information content (AvgIpc) is 2.40. The Bertz CT molecular complexity index is 397. The van der Waals surface area contributed by atoms with E-state index in [1.165, 1.54) is 37.1 Å². The molecule has 1 aliphatic rings. The van der Waals surface area contributed by atoms with Crippen molar-refractivity contribution in [2.45, 2.75) is 31.8 Å². The summed E-state index contributed by atoms with van der Waals surface area (Å²) in [4.78, 5) is 4.90. The van der Waals surface area contributed by atoms with Gasteiger partial charge in [-0.3, -0.25) is 4.90 Å². The van der Waals surface area contributed by atoms with E-state index >= 15 is 0 Å². The van der Waals surface area contributed by atoms with E-state index in [-0.39, 0.29) is 0 Å². The third-order valence-electron chi connectivity index (χ3n) is 4.41. The molecule has 0 radical (unpaired) electrons. The summed E-state index contributed by atoms with van der Waals surface area (Å²) in [5.41, 5.74) is 8.70. The summed E-state index contributed by atoms with van der Waals surface area (Å²) < 4.78 is 0. The molecular weight excluding hydrogens is 234 g/mol. The Hall–Kier alpha value is -0.900. The zero-order valence-corrected chi connectivity index (χ0v) is 12.5. The molecular formula is C16H27N3. The molecule has 1 unspecified atom stereocenters. The van der Waals surface area contributed by atoms with Gasteiger partial charge in [0.2, 0.25) is 0 Å². The Labute approximate surface area is 117 Å². The summed E-state index contributed by atoms with van der Waals surface area (Å²) >= 11 is 0. The van der Waals surface area contributed by atoms with Crippen molar-refractivity contribution in [2.24, 2.45) is 5.73 Å². The van der Waals surface area contributed by atoms with Crippen LogP contribution in [0, 0.1) is 6.92 Å². The smallest absolute Gasteiger partial charge is 0.0470 e. The fraction of sp³-hybridized carbons (Fsp3) is 0.625. The minimum absolute atomic E-state index is 0.341. The Morgan fingerprint density at radius 1 is 1.37 bits per heavy atom. The highest BCUT2D eigenvalue weighted by Gasteiger charge is 2.26. The predicted molar refractivity (Wildman–Crippen MR) is 81.3 cm³/mol. The Morgan fingerprint density at radius 2 is 2.05 bits per heavy atom. The first kappa shape index (κ1) is 14.5. The van der Waals surface area contributed by atoms with Crippen LogP contribution >= 0.6 is 0 Å². The van der Waals surface area contributed by atoms with Gasteiger partial charge in [-0.25, -0.2) is 0 Å². The number of likely N-dealkylation sites (tertiary alicyclic amines) is 1. The van der Waals surface area contributed by atoms with Gasteiger partial charge in [-0.1, -0.05) is 29.8 Å². The van der Waals surface area contributed by atoms with Crippen LogP contribution in [0.5, 0.6) is 0 Å². The molecule has 1 saturated heterocycles. The summed E-state index contributed by atoms with van der Waals surface area (Å²) in [6.45, 7) is 5.22. The van der Waals surface area contributed by atoms with Gasteiger partial charge in [0.25, 0.3) is 0 Å². The van der Waals surface area contributed by atoms with Crippen LogP contribution in [0.3, 0.4) is 0 Å². The Balaban J connectivity index is 2.08. The van der Waals surface area contributed by atoms with E-state index < -0.39 is 0 Å². The van der Waals surface area contributed by atoms with E-state index in [1.54, 1.807) is 0 Å². The lowest BCUT2D eigenvalue weighted by atomic mass is 9.98. The van der Waals surface area contributed by atoms with Gasteiger partial charge >= 0.3 is 0 Å². The summed E-state index contributed by atoms with van der Waals surface area (Å²) in [6, 6.07) is 9.75. The number of likely N-dealkylation sites (N-methyl/N-ethyl adjacent to an activating group) is 1. The zero-order valence-electron chi connectivity index (χ0n) is 12.5. The quantitative estimate of drug-likeness (QED) is 0.900. The number of rotatable bonds is 4. The minimum atomic E-state index is 0.341. The van der Waals surface area contributed by atoms with Crippen LogP contribution in [0.4, 0.5) is 0 Å². The molecule has 0 aliphatic carbocycles. The van der Waals surface area contributed by atoms with Gasteiger partial charge in [0.1, 0.15) is 0 Å². The third-order valence-corrected chi connectivity index (χ3v) is 4.41. The van der Waals surface area contributed by atoms with Crippen LogP contribution in [0.1, 0.15) is 30.0 Å². The maximum absolute atomic E-state index is 6.04. The van der Waals surface area contributed by atoms with Crippen molar-refractivity contribution >= 4 is 0 Å². The molecule has 19 heavy (non-hydrogen) atoms. The SMILES string of the molecule is Cc1cccc(C(CN)N(C)C2CCN(C)CC2)c1. The molecule has 106 valence electrons. The van der Waals surface area contributed by atoms with Gasteiger partial charge in [-0.15, -0.1) is 0 Å². The van der Waals surface area contributed by atoms with Gasteiger partial charge in [0.15, 0.2) is 0 Å². The molecule has 0 aromatic heterocycles. The molecule has 2 rings (SSSR count). The van der Waals surface area contributed by atoms with Crippen LogP contribution < -0.4 is 5.73 Å². The van der Waals surface area contributed by atoms with E-state index in [0.717, 1.165) is 0 Å². The molecule has 1 aliphatic heterocycles. The Morgan fingerprint density at radius 3 is 2.63 bits per heavy atom. The van der Waals surface area contributed by atoms with Gasteiger partial charge in [-0.05, 0) is 52.5 Å². The Kier molecular flexibility index (Phi) is 4.97. The van der Waals surface area contributed by atoms with Crippen molar-refractivity contribution in [1.29, 1.82) is 0 Å². The molecule has 1 aromatic carbocycles. The number of hydrogen-bond acceptors (Lipinski definition) is 3. The molecule has 3 nitrogen and oxygen atoms in total. The number of nitrogens with zero attached hydrogens (tertiary/aromatic N) is 2. The number of piperidine rings is 1. The largest absolute Gasteiger partial charge is 0.329 e. The fourth-order valence-corrected chi connectivity index (χ4v) is 3.07. The molecule has 0 amide bonds. The molecule has 3 heteroatoms. The zero-order chi connectivity index (χ0) is 13.8. The van der Waals surface area contributed by atoms with Crippen LogP contribution in [0.15, 0.2) is 24.3 Å². The maximum atomic E-state index is 6.04. The number of benzene rings is 1. The van der Waals surface area contributed by atoms with Crippen molar-refractivity contribution < 1.29 is 0 Å². The molecule has 0 spiro atoms. The lowest BCUT2D eigenvalue weighted by Crippen LogP contribution is -2.45. The van der Waals surface area contributed by atoms with Gasteiger partial charge in [0, 0.05) is 18.6 Å². The summed E-state index contributed by atoms with van der Waals surface area (Å²) in [5.74, 6) is 0. The second-order valence-corrected chi connectivity index (χ2v) is 5.87. The molecule has 1 heterocycles. The van der Waals surface area contributed by atoms with Crippen molar-refractivity contribution in [3.05, 3.63) is 35.4 Å². The molecule has 2 N–H and O–H groups in total. The highest BCUT2D eigenvalue weighted by molar-refractivity contribution is 5.25. The minimum Gasteiger partial charge on any atom is -0.329 e. The number of nitrogens with two attached hydrogens (primary N) is 1. The second-order valence-electron chi connectivity index (χ2n) is 5.87. The van der Waals surface area contributed by atoms with E-state index in [1.807, 2.05) is 0 Å². The monoisotopic (exact) mass is 261 g/mol. The molecule has 1 aromatic rings. The second kappa shape index (κ2) is 6.51. The van der Waals surface area contributed by atoms with Crippen LogP contribution in [0.25, 0.3) is 0 Å². The standard InChI is InChI=1S/C16H27N3/c1-13-5-4-6-14(11-13)16(12-17)19(3)15-7-9-18(2)10-8-15/h4-6,11,15-16H,7-10,12,17H2,1-3H3. The van der Waals surface area contributed by atoms with E-state index in [0.29, 0.717) is 18.6 Å². The molecule has 1 fully saturated rings.